The number of pyridine rings is 1. The lowest BCUT2D eigenvalue weighted by atomic mass is 10.3. The molecule has 7 heteroatoms. The van der Waals surface area contributed by atoms with Gasteiger partial charge >= 0.3 is 5.97 Å². The van der Waals surface area contributed by atoms with E-state index in [1.165, 1.54) is 5.01 Å². The van der Waals surface area contributed by atoms with Gasteiger partial charge in [0, 0.05) is 33.2 Å². The van der Waals surface area contributed by atoms with Gasteiger partial charge in [-0.1, -0.05) is 0 Å². The second-order valence-electron chi connectivity index (χ2n) is 3.91. The molecule has 1 aromatic heterocycles. The second-order valence-corrected chi connectivity index (χ2v) is 3.91. The third kappa shape index (κ3) is 7.78. The number of carbonyl (C=O) groups excluding carboxylic acids is 1. The number of nitrogens with zero attached hydrogens (tertiary/aromatic N) is 4. The van der Waals surface area contributed by atoms with E-state index in [-0.39, 0.29) is 5.97 Å². The molecule has 22 heavy (non-hydrogen) atoms. The van der Waals surface area contributed by atoms with Gasteiger partial charge in [-0.2, -0.15) is 5.10 Å². The third-order valence-electron chi connectivity index (χ3n) is 2.23. The van der Waals surface area contributed by atoms with Gasteiger partial charge in [-0.05, 0) is 26.0 Å². The molecule has 0 aliphatic rings. The van der Waals surface area contributed by atoms with Crippen molar-refractivity contribution in [2.24, 2.45) is 10.1 Å². The number of aliphatic imine (C=N–C) groups is 1. The maximum Gasteiger partial charge on any atom is 0.335 e. The quantitative estimate of drug-likeness (QED) is 0.285. The number of esters is 1. The summed E-state index contributed by atoms with van der Waals surface area (Å²) in [5, 5.41) is 8.00. The Kier molecular flexibility index (Phi) is 10.6. The first-order valence-corrected chi connectivity index (χ1v) is 6.70. The zero-order valence-corrected chi connectivity index (χ0v) is 13.5. The minimum Gasteiger partial charge on any atom is -0.463 e. The molecule has 0 atom stereocenters. The van der Waals surface area contributed by atoms with Gasteiger partial charge in [0.25, 0.3) is 0 Å². The summed E-state index contributed by atoms with van der Waals surface area (Å²) in [7, 11) is 3.53. The van der Waals surface area contributed by atoms with Crippen LogP contribution in [0.15, 0.2) is 46.4 Å². The van der Waals surface area contributed by atoms with Gasteiger partial charge in [0.05, 0.1) is 30.4 Å². The van der Waals surface area contributed by atoms with Crippen LogP contribution in [0.2, 0.25) is 0 Å². The summed E-state index contributed by atoms with van der Waals surface area (Å²) >= 11 is 0. The minimum absolute atomic E-state index is 0.346. The zero-order valence-electron chi connectivity index (χ0n) is 13.5. The second kappa shape index (κ2) is 12.1. The molecule has 0 fully saturated rings. The van der Waals surface area contributed by atoms with Gasteiger partial charge in [0.2, 0.25) is 0 Å². The van der Waals surface area contributed by atoms with E-state index in [2.05, 4.69) is 27.1 Å². The average molecular weight is 305 g/mol. The maximum absolute atomic E-state index is 11.4. The van der Waals surface area contributed by atoms with Crippen molar-refractivity contribution in [3.8, 4) is 0 Å². The fourth-order valence-electron chi connectivity index (χ4n) is 1.30. The molecule has 0 aromatic carbocycles. The number of aromatic nitrogens is 1. The fourth-order valence-corrected chi connectivity index (χ4v) is 1.30. The summed E-state index contributed by atoms with van der Waals surface area (Å²) in [5.41, 5.74) is 1.18. The molecule has 0 unspecified atom stereocenters. The Morgan fingerprint density at radius 2 is 2.32 bits per heavy atom. The lowest BCUT2D eigenvalue weighted by molar-refractivity contribution is -0.138. The SMILES string of the molecule is C=NN(/C=C(\C)C(=O)OCC)c1cccnc1.CN=CNC. The Hall–Kier alpha value is -2.70. The lowest BCUT2D eigenvalue weighted by Gasteiger charge is -2.13. The molecule has 0 radical (unpaired) electrons. The number of ether oxygens (including phenoxy) is 1. The smallest absolute Gasteiger partial charge is 0.335 e. The van der Waals surface area contributed by atoms with Crippen LogP contribution in [0.25, 0.3) is 0 Å². The summed E-state index contributed by atoms with van der Waals surface area (Å²) in [5.74, 6) is -0.370. The first-order valence-electron chi connectivity index (χ1n) is 6.70. The number of anilines is 1. The molecule has 7 nitrogen and oxygen atoms in total. The van der Waals surface area contributed by atoms with Crippen molar-refractivity contribution >= 4 is 24.7 Å². The highest BCUT2D eigenvalue weighted by atomic mass is 16.5. The molecular weight excluding hydrogens is 282 g/mol. The van der Waals surface area contributed by atoms with Gasteiger partial charge < -0.3 is 10.1 Å². The molecule has 1 N–H and O–H groups in total. The van der Waals surface area contributed by atoms with Gasteiger partial charge in [-0.3, -0.25) is 9.98 Å². The van der Waals surface area contributed by atoms with Crippen molar-refractivity contribution < 1.29 is 9.53 Å². The molecule has 0 aliphatic carbocycles. The van der Waals surface area contributed by atoms with Crippen molar-refractivity contribution in [1.82, 2.24) is 10.3 Å². The standard InChI is InChI=1S/C12H15N3O2.C3H8N2/c1-4-17-12(16)10(2)9-15(13-3)11-6-5-7-14-8-11;1-4-3-5-2/h5-9H,3-4H2,1-2H3;3H,1-2H3,(H,4,5)/b10-9+;. The summed E-state index contributed by atoms with van der Waals surface area (Å²) < 4.78 is 4.87. The molecule has 0 bridgehead atoms. The first-order chi connectivity index (χ1) is 10.6. The number of carbonyl (C=O) groups is 1. The molecule has 0 spiro atoms. The lowest BCUT2D eigenvalue weighted by Crippen LogP contribution is -2.12. The predicted molar refractivity (Wildman–Crippen MR) is 90.1 cm³/mol. The topological polar surface area (TPSA) is 79.2 Å². The highest BCUT2D eigenvalue weighted by Crippen LogP contribution is 2.13. The molecule has 1 rings (SSSR count). The molecule has 1 aromatic rings. The van der Waals surface area contributed by atoms with Crippen LogP contribution in [-0.4, -0.2) is 44.7 Å². The Balaban J connectivity index is 0.000000763. The third-order valence-corrected chi connectivity index (χ3v) is 2.23. The van der Waals surface area contributed by atoms with Gasteiger partial charge in [-0.25, -0.2) is 9.80 Å². The molecule has 120 valence electrons. The summed E-state index contributed by atoms with van der Waals surface area (Å²) in [6.07, 6.45) is 6.47. The van der Waals surface area contributed by atoms with Crippen LogP contribution in [-0.2, 0) is 9.53 Å². The van der Waals surface area contributed by atoms with Crippen LogP contribution in [0.5, 0.6) is 0 Å². The Bertz CT molecular complexity index is 500. The van der Waals surface area contributed by atoms with Gasteiger partial charge in [0.15, 0.2) is 0 Å². The largest absolute Gasteiger partial charge is 0.463 e. The zero-order chi connectivity index (χ0) is 16.8. The molecule has 1 heterocycles. The van der Waals surface area contributed by atoms with E-state index in [1.807, 2.05) is 13.1 Å². The van der Waals surface area contributed by atoms with Gasteiger partial charge in [-0.15, -0.1) is 0 Å². The highest BCUT2D eigenvalue weighted by molar-refractivity contribution is 5.88. The Morgan fingerprint density at radius 1 is 1.59 bits per heavy atom. The van der Waals surface area contributed by atoms with Crippen LogP contribution in [0, 0.1) is 0 Å². The number of hydrazone groups is 1. The summed E-state index contributed by atoms with van der Waals surface area (Å²) in [6, 6.07) is 3.59. The van der Waals surface area contributed by atoms with Crippen molar-refractivity contribution in [3.63, 3.8) is 0 Å². The van der Waals surface area contributed by atoms with Crippen molar-refractivity contribution in [3.05, 3.63) is 36.3 Å². The molecule has 0 saturated heterocycles. The molecule has 0 amide bonds. The molecule has 0 aliphatic heterocycles. The number of rotatable bonds is 6. The number of nitrogens with one attached hydrogen (secondary N) is 1. The fraction of sp³-hybridized carbons (Fsp3) is 0.333. The average Bonchev–Trinajstić information content (AvgIpc) is 2.54. The number of hydrogen-bond donors (Lipinski definition) is 1. The van der Waals surface area contributed by atoms with E-state index in [4.69, 9.17) is 4.74 Å². The van der Waals surface area contributed by atoms with Crippen LogP contribution >= 0.6 is 0 Å². The van der Waals surface area contributed by atoms with E-state index < -0.39 is 0 Å². The predicted octanol–water partition coefficient (Wildman–Crippen LogP) is 1.83. The van der Waals surface area contributed by atoms with Crippen LogP contribution in [0.1, 0.15) is 13.8 Å². The van der Waals surface area contributed by atoms with E-state index in [0.717, 1.165) is 5.69 Å². The van der Waals surface area contributed by atoms with Crippen LogP contribution in [0.3, 0.4) is 0 Å². The summed E-state index contributed by atoms with van der Waals surface area (Å²) in [6.45, 7) is 7.21. The van der Waals surface area contributed by atoms with E-state index in [1.54, 1.807) is 51.9 Å². The van der Waals surface area contributed by atoms with E-state index in [9.17, 15) is 4.79 Å². The maximum atomic E-state index is 11.4. The monoisotopic (exact) mass is 305 g/mol. The van der Waals surface area contributed by atoms with Crippen molar-refractivity contribution in [2.45, 2.75) is 13.8 Å². The molecule has 0 saturated carbocycles. The van der Waals surface area contributed by atoms with Crippen molar-refractivity contribution in [2.75, 3.05) is 25.7 Å². The van der Waals surface area contributed by atoms with Gasteiger partial charge in [0.1, 0.15) is 0 Å². The Morgan fingerprint density at radius 3 is 2.73 bits per heavy atom. The van der Waals surface area contributed by atoms with E-state index >= 15 is 0 Å². The normalized spacial score (nSPS) is 10.5. The van der Waals surface area contributed by atoms with Crippen LogP contribution < -0.4 is 10.3 Å². The summed E-state index contributed by atoms with van der Waals surface area (Å²) in [4.78, 5) is 19.0. The highest BCUT2D eigenvalue weighted by Gasteiger charge is 2.08. The first kappa shape index (κ1) is 19.3. The Labute approximate surface area is 131 Å². The van der Waals surface area contributed by atoms with Crippen LogP contribution in [0.4, 0.5) is 5.69 Å². The minimum atomic E-state index is -0.370. The molecular formula is C15H23N5O2. The number of hydrogen-bond acceptors (Lipinski definition) is 6. The van der Waals surface area contributed by atoms with E-state index in [0.29, 0.717) is 12.2 Å². The van der Waals surface area contributed by atoms with Crippen molar-refractivity contribution in [1.29, 1.82) is 0 Å².